The van der Waals surface area contributed by atoms with Crippen molar-refractivity contribution in [3.8, 4) is 5.75 Å². The molecule has 18 heavy (non-hydrogen) atoms. The first-order valence-corrected chi connectivity index (χ1v) is 6.20. The second kappa shape index (κ2) is 5.69. The normalized spacial score (nSPS) is 13.9. The fraction of sp³-hybridized carbons (Fsp3) is 0.250. The van der Waals surface area contributed by atoms with Gasteiger partial charge in [-0.2, -0.15) is 0 Å². The van der Waals surface area contributed by atoms with Gasteiger partial charge in [0.25, 0.3) is 0 Å². The Morgan fingerprint density at radius 2 is 1.72 bits per heavy atom. The molecule has 0 aliphatic rings. The number of ether oxygens (including phenoxy) is 1. The molecule has 0 bridgehead atoms. The number of hydrogen-bond donors (Lipinski definition) is 1. The van der Waals surface area contributed by atoms with E-state index in [4.69, 9.17) is 10.5 Å². The largest absolute Gasteiger partial charge is 0.484 e. The summed E-state index contributed by atoms with van der Waals surface area (Å²) in [5, 5.41) is 0. The van der Waals surface area contributed by atoms with Gasteiger partial charge >= 0.3 is 0 Å². The van der Waals surface area contributed by atoms with Crippen LogP contribution in [0.5, 0.6) is 5.75 Å². The molecule has 0 spiro atoms. The number of benzene rings is 2. The van der Waals surface area contributed by atoms with Crippen LogP contribution in [0.3, 0.4) is 0 Å². The van der Waals surface area contributed by atoms with Crippen LogP contribution < -0.4 is 10.5 Å². The van der Waals surface area contributed by atoms with Crippen LogP contribution in [0.1, 0.15) is 24.2 Å². The molecule has 2 aromatic rings. The first-order valence-electron chi connectivity index (χ1n) is 6.20. The molecule has 2 rings (SSSR count). The third-order valence-corrected chi connectivity index (χ3v) is 2.86. The van der Waals surface area contributed by atoms with E-state index in [1.807, 2.05) is 55.5 Å². The molecule has 2 atom stereocenters. The molecule has 0 radical (unpaired) electrons. The van der Waals surface area contributed by atoms with Crippen LogP contribution in [0.2, 0.25) is 0 Å². The van der Waals surface area contributed by atoms with Crippen LogP contribution in [-0.2, 0) is 0 Å². The maximum atomic E-state index is 6.03. The molecule has 0 aliphatic carbocycles. The van der Waals surface area contributed by atoms with E-state index in [1.54, 1.807) is 0 Å². The van der Waals surface area contributed by atoms with Crippen LogP contribution in [0, 0.1) is 6.92 Å². The summed E-state index contributed by atoms with van der Waals surface area (Å²) in [5.41, 5.74) is 8.32. The maximum absolute atomic E-state index is 6.03. The Bertz CT molecular complexity index is 493. The average molecular weight is 241 g/mol. The molecular weight excluding hydrogens is 222 g/mol. The number of rotatable bonds is 4. The summed E-state index contributed by atoms with van der Waals surface area (Å²) >= 11 is 0. The van der Waals surface area contributed by atoms with Crippen molar-refractivity contribution in [2.24, 2.45) is 5.73 Å². The molecule has 0 aliphatic heterocycles. The molecule has 0 saturated heterocycles. The minimum Gasteiger partial charge on any atom is -0.484 e. The zero-order valence-electron chi connectivity index (χ0n) is 10.8. The molecule has 0 heterocycles. The van der Waals surface area contributed by atoms with Crippen LogP contribution in [0.15, 0.2) is 54.6 Å². The Morgan fingerprint density at radius 1 is 1.00 bits per heavy atom. The molecular formula is C16H19NO. The number of hydrogen-bond acceptors (Lipinski definition) is 2. The van der Waals surface area contributed by atoms with Gasteiger partial charge in [-0.3, -0.25) is 0 Å². The highest BCUT2D eigenvalue weighted by Gasteiger charge is 2.17. The monoisotopic (exact) mass is 241 g/mol. The Balaban J connectivity index is 2.22. The Morgan fingerprint density at radius 3 is 2.33 bits per heavy atom. The molecule has 94 valence electrons. The van der Waals surface area contributed by atoms with Crippen LogP contribution in [0.4, 0.5) is 0 Å². The fourth-order valence-corrected chi connectivity index (χ4v) is 1.96. The summed E-state index contributed by atoms with van der Waals surface area (Å²) in [5.74, 6) is 0.862. The lowest BCUT2D eigenvalue weighted by Gasteiger charge is -2.23. The van der Waals surface area contributed by atoms with Gasteiger partial charge in [-0.05, 0) is 37.1 Å². The second-order valence-corrected chi connectivity index (χ2v) is 4.62. The fourth-order valence-electron chi connectivity index (χ4n) is 1.96. The summed E-state index contributed by atoms with van der Waals surface area (Å²) in [6, 6.07) is 18.1. The van der Waals surface area contributed by atoms with Gasteiger partial charge in [0.2, 0.25) is 0 Å². The summed E-state index contributed by atoms with van der Waals surface area (Å²) in [4.78, 5) is 0. The van der Waals surface area contributed by atoms with Crippen LogP contribution >= 0.6 is 0 Å². The van der Waals surface area contributed by atoms with Gasteiger partial charge in [-0.15, -0.1) is 0 Å². The lowest BCUT2D eigenvalue weighted by Crippen LogP contribution is -2.29. The van der Waals surface area contributed by atoms with Crippen molar-refractivity contribution in [2.75, 3.05) is 0 Å². The van der Waals surface area contributed by atoms with Gasteiger partial charge in [0.05, 0.1) is 0 Å². The maximum Gasteiger partial charge on any atom is 0.138 e. The number of nitrogens with two attached hydrogens (primary N) is 1. The molecule has 0 saturated carbocycles. The van der Waals surface area contributed by atoms with Crippen molar-refractivity contribution in [1.82, 2.24) is 0 Å². The van der Waals surface area contributed by atoms with E-state index < -0.39 is 0 Å². The van der Waals surface area contributed by atoms with E-state index in [9.17, 15) is 0 Å². The smallest absolute Gasteiger partial charge is 0.138 e. The van der Waals surface area contributed by atoms with Crippen molar-refractivity contribution in [2.45, 2.75) is 26.0 Å². The summed E-state index contributed by atoms with van der Waals surface area (Å²) < 4.78 is 6.02. The highest BCUT2D eigenvalue weighted by Crippen LogP contribution is 2.24. The third kappa shape index (κ3) is 3.11. The van der Waals surface area contributed by atoms with Gasteiger partial charge in [-0.25, -0.2) is 0 Å². The SMILES string of the molecule is Cc1cccc(OC(c2ccccc2)C(C)N)c1. The van der Waals surface area contributed by atoms with Crippen LogP contribution in [-0.4, -0.2) is 6.04 Å². The summed E-state index contributed by atoms with van der Waals surface area (Å²) in [6.07, 6.45) is -0.118. The molecule has 2 nitrogen and oxygen atoms in total. The topological polar surface area (TPSA) is 35.2 Å². The van der Waals surface area contributed by atoms with Gasteiger partial charge in [0, 0.05) is 6.04 Å². The molecule has 2 N–H and O–H groups in total. The standard InChI is InChI=1S/C16H19NO/c1-12-7-6-10-15(11-12)18-16(13(2)17)14-8-4-3-5-9-14/h3-11,13,16H,17H2,1-2H3. The van der Waals surface area contributed by atoms with E-state index in [0.29, 0.717) is 0 Å². The van der Waals surface area contributed by atoms with Gasteiger partial charge < -0.3 is 10.5 Å². The van der Waals surface area contributed by atoms with E-state index in [1.165, 1.54) is 5.56 Å². The minimum absolute atomic E-state index is 0.0621. The highest BCUT2D eigenvalue weighted by atomic mass is 16.5. The average Bonchev–Trinajstić information content (AvgIpc) is 2.37. The van der Waals surface area contributed by atoms with Crippen LogP contribution in [0.25, 0.3) is 0 Å². The van der Waals surface area contributed by atoms with Crippen molar-refractivity contribution >= 4 is 0 Å². The van der Waals surface area contributed by atoms with Gasteiger partial charge in [-0.1, -0.05) is 42.5 Å². The zero-order chi connectivity index (χ0) is 13.0. The summed E-state index contributed by atoms with van der Waals surface area (Å²) in [6.45, 7) is 4.02. The quantitative estimate of drug-likeness (QED) is 0.889. The predicted molar refractivity (Wildman–Crippen MR) is 74.6 cm³/mol. The number of aryl methyl sites for hydroxylation is 1. The molecule has 2 heteroatoms. The first-order chi connectivity index (χ1) is 8.66. The Labute approximate surface area is 108 Å². The highest BCUT2D eigenvalue weighted by molar-refractivity contribution is 5.29. The summed E-state index contributed by atoms with van der Waals surface area (Å²) in [7, 11) is 0. The van der Waals surface area contributed by atoms with E-state index >= 15 is 0 Å². The molecule has 0 amide bonds. The lowest BCUT2D eigenvalue weighted by molar-refractivity contribution is 0.180. The van der Waals surface area contributed by atoms with Crippen molar-refractivity contribution < 1.29 is 4.74 Å². The Kier molecular flexibility index (Phi) is 4.00. The molecule has 0 fully saturated rings. The van der Waals surface area contributed by atoms with Gasteiger partial charge in [0.15, 0.2) is 0 Å². The molecule has 2 aromatic carbocycles. The van der Waals surface area contributed by atoms with Crippen molar-refractivity contribution in [3.05, 3.63) is 65.7 Å². The van der Waals surface area contributed by atoms with Gasteiger partial charge in [0.1, 0.15) is 11.9 Å². The third-order valence-electron chi connectivity index (χ3n) is 2.86. The lowest BCUT2D eigenvalue weighted by atomic mass is 10.0. The van der Waals surface area contributed by atoms with Crippen molar-refractivity contribution in [3.63, 3.8) is 0 Å². The van der Waals surface area contributed by atoms with E-state index in [2.05, 4.69) is 13.0 Å². The van der Waals surface area contributed by atoms with E-state index in [-0.39, 0.29) is 12.1 Å². The minimum atomic E-state index is -0.118. The molecule has 2 unspecified atom stereocenters. The molecule has 0 aromatic heterocycles. The second-order valence-electron chi connectivity index (χ2n) is 4.62. The predicted octanol–water partition coefficient (Wildman–Crippen LogP) is 3.46. The first kappa shape index (κ1) is 12.7. The zero-order valence-corrected chi connectivity index (χ0v) is 10.8. The van der Waals surface area contributed by atoms with E-state index in [0.717, 1.165) is 11.3 Å². The van der Waals surface area contributed by atoms with Crippen molar-refractivity contribution in [1.29, 1.82) is 0 Å². The Hall–Kier alpha value is -1.80.